The fraction of sp³-hybridized carbons (Fsp3) is 0.224. The van der Waals surface area contributed by atoms with E-state index >= 15 is 0 Å². The Morgan fingerprint density at radius 3 is 1.37 bits per heavy atom. The van der Waals surface area contributed by atoms with E-state index in [4.69, 9.17) is 9.47 Å². The molecule has 0 spiro atoms. The first-order valence-corrected chi connectivity index (χ1v) is 20.1. The van der Waals surface area contributed by atoms with Gasteiger partial charge in [0.2, 0.25) is 0 Å². The number of halogens is 4. The van der Waals surface area contributed by atoms with Gasteiger partial charge in [-0.1, -0.05) is 72.8 Å². The quantitative estimate of drug-likeness (QED) is 0.143. The molecule has 0 saturated heterocycles. The maximum absolute atomic E-state index is 13.8. The predicted octanol–water partition coefficient (Wildman–Crippen LogP) is 13.0. The van der Waals surface area contributed by atoms with Crippen LogP contribution in [0.3, 0.4) is 0 Å². The Balaban J connectivity index is 0.000000175. The van der Waals surface area contributed by atoms with Crippen LogP contribution in [0.5, 0.6) is 11.5 Å². The molecule has 290 valence electrons. The highest BCUT2D eigenvalue weighted by molar-refractivity contribution is 14.1. The van der Waals surface area contributed by atoms with Crippen LogP contribution in [0.2, 0.25) is 0 Å². The predicted molar refractivity (Wildman–Crippen MR) is 227 cm³/mol. The first-order valence-electron chi connectivity index (χ1n) is 19.0. The fourth-order valence-corrected chi connectivity index (χ4v) is 8.91. The van der Waals surface area contributed by atoms with Crippen LogP contribution >= 0.6 is 22.6 Å². The van der Waals surface area contributed by atoms with E-state index in [1.54, 1.807) is 26.0 Å². The molecule has 57 heavy (non-hydrogen) atoms. The Morgan fingerprint density at radius 2 is 0.930 bits per heavy atom. The normalized spacial score (nSPS) is 13.2. The van der Waals surface area contributed by atoms with Crippen LogP contribution in [0.4, 0.5) is 13.2 Å². The Labute approximate surface area is 345 Å². The minimum atomic E-state index is -4.50. The zero-order valence-electron chi connectivity index (χ0n) is 32.3. The van der Waals surface area contributed by atoms with E-state index in [-0.39, 0.29) is 23.6 Å². The topological polar surface area (TPSA) is 52.6 Å². The third kappa shape index (κ3) is 8.56. The lowest BCUT2D eigenvalue weighted by Gasteiger charge is -2.21. The molecule has 2 aliphatic rings. The summed E-state index contributed by atoms with van der Waals surface area (Å²) in [5.41, 5.74) is 11.4. The number of rotatable bonds is 8. The van der Waals surface area contributed by atoms with Gasteiger partial charge < -0.3 is 9.47 Å². The van der Waals surface area contributed by atoms with E-state index in [0.29, 0.717) is 59.6 Å². The molecular weight excluding hydrogens is 836 g/mol. The van der Waals surface area contributed by atoms with Gasteiger partial charge in [0.25, 0.3) is 0 Å². The maximum atomic E-state index is 13.8. The van der Waals surface area contributed by atoms with Gasteiger partial charge >= 0.3 is 6.18 Å². The number of ketones is 2. The van der Waals surface area contributed by atoms with Gasteiger partial charge in [-0.3, -0.25) is 9.59 Å². The lowest BCUT2D eigenvalue weighted by Crippen LogP contribution is -2.11. The molecular formula is C49H42F3IO4. The number of carbonyl (C=O) groups is 2. The second kappa shape index (κ2) is 16.7. The molecule has 4 nitrogen and oxygen atoms in total. The van der Waals surface area contributed by atoms with Crippen molar-refractivity contribution in [3.8, 4) is 33.8 Å². The van der Waals surface area contributed by atoms with Crippen LogP contribution in [0.1, 0.15) is 83.6 Å². The van der Waals surface area contributed by atoms with Gasteiger partial charge in [0, 0.05) is 27.5 Å². The summed E-state index contributed by atoms with van der Waals surface area (Å²) in [7, 11) is 0. The summed E-state index contributed by atoms with van der Waals surface area (Å²) >= 11 is 2.39. The Hall–Kier alpha value is -5.22. The molecule has 0 unspecified atom stereocenters. The van der Waals surface area contributed by atoms with Crippen molar-refractivity contribution in [1.82, 2.24) is 0 Å². The van der Waals surface area contributed by atoms with Gasteiger partial charge in [0.05, 0.1) is 5.56 Å². The van der Waals surface area contributed by atoms with E-state index < -0.39 is 11.7 Å². The smallest absolute Gasteiger partial charge is 0.417 e. The molecule has 8 heteroatoms. The van der Waals surface area contributed by atoms with E-state index in [2.05, 4.69) is 66.8 Å². The third-order valence-corrected chi connectivity index (χ3v) is 11.6. The summed E-state index contributed by atoms with van der Waals surface area (Å²) in [6.45, 7) is 8.77. The molecule has 0 amide bonds. The number of fused-ring (bicyclic) bond motifs is 2. The van der Waals surface area contributed by atoms with E-state index in [0.717, 1.165) is 34.9 Å². The van der Waals surface area contributed by atoms with Crippen LogP contribution in [-0.2, 0) is 32.2 Å². The van der Waals surface area contributed by atoms with Gasteiger partial charge in [0.15, 0.2) is 11.6 Å². The van der Waals surface area contributed by atoms with Crippen molar-refractivity contribution in [2.45, 2.75) is 72.8 Å². The van der Waals surface area contributed by atoms with Crippen molar-refractivity contribution in [3.63, 3.8) is 0 Å². The summed E-state index contributed by atoms with van der Waals surface area (Å²) in [6.07, 6.45) is -2.46. The molecule has 6 aromatic carbocycles. The van der Waals surface area contributed by atoms with Crippen molar-refractivity contribution in [2.75, 3.05) is 0 Å². The minimum absolute atomic E-state index is 0.0990. The molecule has 2 aliphatic carbocycles. The minimum Gasteiger partial charge on any atom is -0.489 e. The maximum Gasteiger partial charge on any atom is 0.417 e. The highest BCUT2D eigenvalue weighted by Crippen LogP contribution is 2.46. The molecule has 0 radical (unpaired) electrons. The first kappa shape index (κ1) is 40.0. The molecule has 0 atom stereocenters. The van der Waals surface area contributed by atoms with E-state index in [9.17, 15) is 22.8 Å². The van der Waals surface area contributed by atoms with Crippen LogP contribution in [0, 0.1) is 31.3 Å². The molecule has 0 saturated carbocycles. The largest absolute Gasteiger partial charge is 0.489 e. The Bertz CT molecular complexity index is 2440. The third-order valence-electron chi connectivity index (χ3n) is 10.7. The first-order chi connectivity index (χ1) is 27.3. The molecule has 6 aromatic rings. The number of carbonyl (C=O) groups excluding carboxylic acids is 2. The van der Waals surface area contributed by atoms with Crippen molar-refractivity contribution in [2.24, 2.45) is 0 Å². The summed E-state index contributed by atoms with van der Waals surface area (Å²) in [5, 5.41) is 0. The number of Topliss-reactive ketones (excluding diaryl/α,β-unsaturated/α-hetero) is 2. The lowest BCUT2D eigenvalue weighted by molar-refractivity contribution is -0.137. The molecule has 0 heterocycles. The average Bonchev–Trinajstić information content (AvgIpc) is 3.75. The second-order valence-corrected chi connectivity index (χ2v) is 15.9. The van der Waals surface area contributed by atoms with Crippen LogP contribution in [0.25, 0.3) is 22.3 Å². The molecule has 0 N–H and O–H groups in total. The number of hydrogen-bond donors (Lipinski definition) is 0. The number of hydrogen-bond acceptors (Lipinski definition) is 4. The van der Waals surface area contributed by atoms with Crippen LogP contribution in [0.15, 0.2) is 109 Å². The zero-order valence-corrected chi connectivity index (χ0v) is 34.4. The highest BCUT2D eigenvalue weighted by atomic mass is 127. The number of alkyl halides is 3. The standard InChI is InChI=1S/C25H21F3O2.C24H21IO2/c1-15-12-18(30-14-17-6-4-3-5-7-17)13-16(2)23(15)24-20-9-11-22(29)19(20)8-10-21(24)25(26,27)28;1-15-12-18(27-14-17-6-4-3-5-7-17)13-16(2)23(15)24-20-9-11-22(26)19(20)8-10-21(24)25/h3-8,10,12-13H,9,11,14H2,1-2H3;3-8,10,12-13H,9,11,14H2,1-2H3. The van der Waals surface area contributed by atoms with Gasteiger partial charge in [-0.15, -0.1) is 0 Å². The van der Waals surface area contributed by atoms with Crippen molar-refractivity contribution in [3.05, 3.63) is 174 Å². The summed E-state index contributed by atoms with van der Waals surface area (Å²) in [4.78, 5) is 24.3. The van der Waals surface area contributed by atoms with Gasteiger partial charge in [-0.2, -0.15) is 13.2 Å². The average molecular weight is 879 g/mol. The molecule has 0 fully saturated rings. The van der Waals surface area contributed by atoms with Gasteiger partial charge in [-0.25, -0.2) is 0 Å². The van der Waals surface area contributed by atoms with Crippen LogP contribution < -0.4 is 9.47 Å². The SMILES string of the molecule is Cc1cc(OCc2ccccc2)cc(C)c1-c1c(C(F)(F)F)ccc2c1CCC2=O.Cc1cc(OCc2ccccc2)cc(C)c1-c1c(I)ccc2c1CCC2=O. The summed E-state index contributed by atoms with van der Waals surface area (Å²) in [6, 6.07) is 34.0. The number of aryl methyl sites for hydroxylation is 4. The zero-order chi connectivity index (χ0) is 40.4. The molecule has 0 bridgehead atoms. The van der Waals surface area contributed by atoms with Crippen molar-refractivity contribution in [1.29, 1.82) is 0 Å². The Kier molecular flexibility index (Phi) is 11.7. The lowest BCUT2D eigenvalue weighted by atomic mass is 9.86. The molecule has 0 aromatic heterocycles. The van der Waals surface area contributed by atoms with Gasteiger partial charge in [-0.05, 0) is 166 Å². The highest BCUT2D eigenvalue weighted by Gasteiger charge is 2.38. The Morgan fingerprint density at radius 1 is 0.526 bits per heavy atom. The second-order valence-electron chi connectivity index (χ2n) is 14.7. The van der Waals surface area contributed by atoms with Crippen LogP contribution in [-0.4, -0.2) is 11.6 Å². The van der Waals surface area contributed by atoms with Crippen molar-refractivity contribution < 1.29 is 32.2 Å². The van der Waals surface area contributed by atoms with Gasteiger partial charge in [0.1, 0.15) is 24.7 Å². The molecule has 0 aliphatic heterocycles. The van der Waals surface area contributed by atoms with E-state index in [1.807, 2.05) is 54.6 Å². The monoisotopic (exact) mass is 878 g/mol. The van der Waals surface area contributed by atoms with Crippen molar-refractivity contribution >= 4 is 34.2 Å². The number of benzene rings is 6. The summed E-state index contributed by atoms with van der Waals surface area (Å²) < 4.78 is 54.6. The van der Waals surface area contributed by atoms with E-state index in [1.165, 1.54) is 37.5 Å². The number of ether oxygens (including phenoxy) is 2. The molecule has 8 rings (SSSR count). The summed E-state index contributed by atoms with van der Waals surface area (Å²) in [5.74, 6) is 1.66. The fourth-order valence-electron chi connectivity index (χ4n) is 8.13.